The standard InChI is InChI=1S/C65H60N2O3/c1-3-5-7-10-14-47-20-34-58(35-21-47)67(59-36-22-48(23-37-59)15-11-8-6-4-2)60-38-28-52(29-39-60)53-30-40-61-54(45-53)31-41-63-62(61)42-43-65(70-63,56-16-12-9-13-17-56)57-32-26-51(27-33-57)50-24-18-49(19-25-50)44-55(46-66)64(68)69/h9,12-13,16-45H,3-8,10-11,14-15H2,1-2H3,(H,68,69)/b55-44-. The summed E-state index contributed by atoms with van der Waals surface area (Å²) in [6.45, 7) is 4.53. The minimum Gasteiger partial charge on any atom is -0.477 e. The highest BCUT2D eigenvalue weighted by atomic mass is 16.5. The molecule has 5 nitrogen and oxygen atoms in total. The van der Waals surface area contributed by atoms with Crippen molar-refractivity contribution in [2.24, 2.45) is 0 Å². The van der Waals surface area contributed by atoms with Crippen LogP contribution >= 0.6 is 0 Å². The summed E-state index contributed by atoms with van der Waals surface area (Å²) in [5.41, 5.74) is 13.1. The van der Waals surface area contributed by atoms with E-state index in [9.17, 15) is 15.2 Å². The number of carboxylic acid groups (broad SMARTS) is 1. The first-order chi connectivity index (χ1) is 34.3. The van der Waals surface area contributed by atoms with Gasteiger partial charge in [0.2, 0.25) is 0 Å². The van der Waals surface area contributed by atoms with E-state index in [0.717, 1.165) is 85.4 Å². The van der Waals surface area contributed by atoms with Crippen molar-refractivity contribution in [1.82, 2.24) is 0 Å². The van der Waals surface area contributed by atoms with Crippen molar-refractivity contribution in [3.8, 4) is 34.1 Å². The van der Waals surface area contributed by atoms with Crippen LogP contribution in [0.1, 0.15) is 98.6 Å². The molecule has 0 amide bonds. The van der Waals surface area contributed by atoms with E-state index >= 15 is 0 Å². The van der Waals surface area contributed by atoms with Crippen LogP contribution in [-0.2, 0) is 23.2 Å². The van der Waals surface area contributed by atoms with Crippen LogP contribution in [0.25, 0.3) is 45.2 Å². The topological polar surface area (TPSA) is 73.6 Å². The van der Waals surface area contributed by atoms with Gasteiger partial charge in [-0.2, -0.15) is 5.26 Å². The van der Waals surface area contributed by atoms with Crippen LogP contribution in [0.15, 0.2) is 194 Å². The molecule has 0 bridgehead atoms. The molecule has 1 aliphatic heterocycles. The van der Waals surface area contributed by atoms with Gasteiger partial charge in [0.05, 0.1) is 0 Å². The number of fused-ring (bicyclic) bond motifs is 3. The first kappa shape index (κ1) is 47.1. The first-order valence-electron chi connectivity index (χ1n) is 25.0. The number of carbonyl (C=O) groups is 1. The molecule has 1 heterocycles. The van der Waals surface area contributed by atoms with Crippen molar-refractivity contribution in [3.63, 3.8) is 0 Å². The summed E-state index contributed by atoms with van der Waals surface area (Å²) in [6.07, 6.45) is 18.1. The predicted molar refractivity (Wildman–Crippen MR) is 290 cm³/mol. The molecule has 0 aliphatic carbocycles. The van der Waals surface area contributed by atoms with Crippen molar-refractivity contribution in [3.05, 3.63) is 227 Å². The van der Waals surface area contributed by atoms with Gasteiger partial charge in [0.15, 0.2) is 5.60 Å². The van der Waals surface area contributed by atoms with Crippen LogP contribution in [0.4, 0.5) is 17.1 Å². The minimum absolute atomic E-state index is 0.303. The average Bonchev–Trinajstić information content (AvgIpc) is 3.41. The van der Waals surface area contributed by atoms with Gasteiger partial charge in [-0.05, 0) is 142 Å². The zero-order valence-electron chi connectivity index (χ0n) is 40.3. The molecule has 1 N–H and O–H groups in total. The lowest BCUT2D eigenvalue weighted by Gasteiger charge is -2.36. The Morgan fingerprint density at radius 1 is 0.586 bits per heavy atom. The molecule has 8 aromatic rings. The van der Waals surface area contributed by atoms with Gasteiger partial charge in [0.1, 0.15) is 17.4 Å². The van der Waals surface area contributed by atoms with Crippen molar-refractivity contribution < 1.29 is 14.6 Å². The van der Waals surface area contributed by atoms with Crippen LogP contribution in [0.2, 0.25) is 0 Å². The number of carboxylic acids is 1. The third kappa shape index (κ3) is 10.5. The van der Waals surface area contributed by atoms with Gasteiger partial charge in [-0.15, -0.1) is 0 Å². The molecular weight excluding hydrogens is 857 g/mol. The predicted octanol–water partition coefficient (Wildman–Crippen LogP) is 17.2. The zero-order valence-corrected chi connectivity index (χ0v) is 40.3. The molecule has 0 saturated heterocycles. The van der Waals surface area contributed by atoms with Crippen molar-refractivity contribution in [1.29, 1.82) is 5.26 Å². The Balaban J connectivity index is 0.970. The third-order valence-corrected chi connectivity index (χ3v) is 13.7. The van der Waals surface area contributed by atoms with Crippen molar-refractivity contribution in [2.45, 2.75) is 83.7 Å². The summed E-state index contributed by atoms with van der Waals surface area (Å²) in [7, 11) is 0. The van der Waals surface area contributed by atoms with Gasteiger partial charge in [-0.3, -0.25) is 0 Å². The van der Waals surface area contributed by atoms with Crippen LogP contribution in [-0.4, -0.2) is 11.1 Å². The molecule has 1 atom stereocenters. The summed E-state index contributed by atoms with van der Waals surface area (Å²) >= 11 is 0. The molecule has 0 saturated carbocycles. The average molecular weight is 917 g/mol. The summed E-state index contributed by atoms with van der Waals surface area (Å²) in [5, 5.41) is 20.7. The first-order valence-corrected chi connectivity index (χ1v) is 25.0. The van der Waals surface area contributed by atoms with E-state index < -0.39 is 11.6 Å². The number of hydrogen-bond donors (Lipinski definition) is 1. The molecule has 70 heavy (non-hydrogen) atoms. The Hall–Kier alpha value is -7.94. The Morgan fingerprint density at radius 2 is 1.10 bits per heavy atom. The maximum atomic E-state index is 11.3. The fourth-order valence-corrected chi connectivity index (χ4v) is 9.72. The van der Waals surface area contributed by atoms with Crippen molar-refractivity contribution in [2.75, 3.05) is 4.90 Å². The molecule has 0 fully saturated rings. The Labute approximate surface area is 413 Å². The lowest BCUT2D eigenvalue weighted by Crippen LogP contribution is -2.34. The molecule has 0 aromatic heterocycles. The van der Waals surface area contributed by atoms with Gasteiger partial charge in [0, 0.05) is 33.8 Å². The van der Waals surface area contributed by atoms with Gasteiger partial charge >= 0.3 is 5.97 Å². The summed E-state index contributed by atoms with van der Waals surface area (Å²) in [5.74, 6) is -0.426. The number of ether oxygens (including phenoxy) is 1. The SMILES string of the molecule is CCCCCCc1ccc(N(c2ccc(CCCCCC)cc2)c2ccc(-c3ccc4c5c(ccc4c3)OC(c3ccccc3)(c3ccc(-c4ccc(/C=C(/C#N)C(=O)O)cc4)cc3)C=C5)cc2)cc1. The smallest absolute Gasteiger partial charge is 0.346 e. The zero-order chi connectivity index (χ0) is 48.3. The molecular formula is C65H60N2O3. The molecule has 1 aliphatic rings. The van der Waals surface area contributed by atoms with E-state index in [1.807, 2.05) is 42.5 Å². The third-order valence-electron chi connectivity index (χ3n) is 13.7. The largest absolute Gasteiger partial charge is 0.477 e. The van der Waals surface area contributed by atoms with E-state index in [2.05, 4.69) is 170 Å². The number of hydrogen-bond acceptors (Lipinski definition) is 4. The maximum Gasteiger partial charge on any atom is 0.346 e. The van der Waals surface area contributed by atoms with Gasteiger partial charge in [0.25, 0.3) is 0 Å². The number of benzene rings is 8. The lowest BCUT2D eigenvalue weighted by atomic mass is 9.82. The van der Waals surface area contributed by atoms with Gasteiger partial charge in [-0.1, -0.05) is 186 Å². The van der Waals surface area contributed by atoms with Crippen LogP contribution < -0.4 is 9.64 Å². The van der Waals surface area contributed by atoms with E-state index in [1.54, 1.807) is 6.07 Å². The second kappa shape index (κ2) is 22.0. The highest BCUT2D eigenvalue weighted by molar-refractivity contribution is 5.97. The fraction of sp³-hybridized carbons (Fsp3) is 0.200. The van der Waals surface area contributed by atoms with E-state index in [-0.39, 0.29) is 5.57 Å². The van der Waals surface area contributed by atoms with Crippen LogP contribution in [0, 0.1) is 11.3 Å². The molecule has 0 radical (unpaired) electrons. The number of unbranched alkanes of at least 4 members (excludes halogenated alkanes) is 6. The van der Waals surface area contributed by atoms with Crippen molar-refractivity contribution >= 4 is 46.0 Å². The molecule has 348 valence electrons. The molecule has 0 spiro atoms. The number of nitrogens with zero attached hydrogens (tertiary/aromatic N) is 2. The monoisotopic (exact) mass is 916 g/mol. The lowest BCUT2D eigenvalue weighted by molar-refractivity contribution is -0.132. The fourth-order valence-electron chi connectivity index (χ4n) is 9.72. The van der Waals surface area contributed by atoms with Gasteiger partial charge < -0.3 is 14.7 Å². The quantitative estimate of drug-likeness (QED) is 0.0497. The summed E-state index contributed by atoms with van der Waals surface area (Å²) in [4.78, 5) is 13.7. The number of aliphatic carboxylic acids is 1. The van der Waals surface area contributed by atoms with Crippen LogP contribution in [0.5, 0.6) is 5.75 Å². The van der Waals surface area contributed by atoms with Crippen LogP contribution in [0.3, 0.4) is 0 Å². The normalized spacial score (nSPS) is 14.2. The summed E-state index contributed by atoms with van der Waals surface area (Å²) in [6, 6.07) is 66.3. The number of nitriles is 1. The maximum absolute atomic E-state index is 11.3. The highest BCUT2D eigenvalue weighted by Crippen LogP contribution is 2.45. The molecule has 8 aromatic carbocycles. The van der Waals surface area contributed by atoms with Gasteiger partial charge in [-0.25, -0.2) is 4.79 Å². The minimum atomic E-state index is -1.24. The number of rotatable bonds is 19. The second-order valence-corrected chi connectivity index (χ2v) is 18.5. The van der Waals surface area contributed by atoms with E-state index in [0.29, 0.717) is 5.56 Å². The molecule has 5 heteroatoms. The van der Waals surface area contributed by atoms with E-state index in [4.69, 9.17) is 4.74 Å². The molecule has 9 rings (SSSR count). The number of anilines is 3. The Bertz CT molecular complexity index is 3090. The Morgan fingerprint density at radius 3 is 1.66 bits per heavy atom. The molecule has 1 unspecified atom stereocenters. The Kier molecular flexibility index (Phi) is 14.8. The highest BCUT2D eigenvalue weighted by Gasteiger charge is 2.37. The number of aryl methyl sites for hydroxylation is 2. The second-order valence-electron chi connectivity index (χ2n) is 18.5. The summed E-state index contributed by atoms with van der Waals surface area (Å²) < 4.78 is 7.14. The van der Waals surface area contributed by atoms with E-state index in [1.165, 1.54) is 68.6 Å².